The van der Waals surface area contributed by atoms with E-state index in [1.54, 1.807) is 24.1 Å². The standard InChI is InChI=1S/C19H22N2O5.ClH/c1-14(20(2)12-19(22)23)10-15-6-8-18(9-7-15)26-13-16-4-3-5-17(11-16)21(24)25;/h3-9,11,14H,10,12-13H2,1-2H3,(H,22,23);1H/t14-;/m1./s1. The molecular weight excluding hydrogens is 372 g/mol. The van der Waals surface area contributed by atoms with Crippen LogP contribution in [0.2, 0.25) is 0 Å². The molecule has 1 N–H and O–H groups in total. The van der Waals surface area contributed by atoms with Gasteiger partial charge in [-0.2, -0.15) is 0 Å². The molecule has 8 heteroatoms. The summed E-state index contributed by atoms with van der Waals surface area (Å²) in [5.41, 5.74) is 1.85. The van der Waals surface area contributed by atoms with Gasteiger partial charge in [0.1, 0.15) is 12.4 Å². The normalized spacial score (nSPS) is 11.5. The lowest BCUT2D eigenvalue weighted by molar-refractivity contribution is -0.384. The number of hydrogen-bond acceptors (Lipinski definition) is 5. The van der Waals surface area contributed by atoms with Gasteiger partial charge in [-0.3, -0.25) is 19.8 Å². The van der Waals surface area contributed by atoms with E-state index in [-0.39, 0.29) is 37.3 Å². The summed E-state index contributed by atoms with van der Waals surface area (Å²) in [7, 11) is 1.79. The predicted molar refractivity (Wildman–Crippen MR) is 105 cm³/mol. The van der Waals surface area contributed by atoms with Gasteiger partial charge < -0.3 is 9.84 Å². The summed E-state index contributed by atoms with van der Waals surface area (Å²) in [6.45, 7) is 2.24. The lowest BCUT2D eigenvalue weighted by Gasteiger charge is -2.22. The zero-order valence-corrected chi connectivity index (χ0v) is 16.0. The van der Waals surface area contributed by atoms with Crippen molar-refractivity contribution in [1.29, 1.82) is 0 Å². The highest BCUT2D eigenvalue weighted by Gasteiger charge is 2.13. The Hall–Kier alpha value is -2.64. The van der Waals surface area contributed by atoms with Crippen molar-refractivity contribution >= 4 is 24.1 Å². The maximum atomic E-state index is 10.8. The summed E-state index contributed by atoms with van der Waals surface area (Å²) in [6, 6.07) is 14.0. The highest BCUT2D eigenvalue weighted by Crippen LogP contribution is 2.18. The first kappa shape index (κ1) is 22.4. The van der Waals surface area contributed by atoms with E-state index in [9.17, 15) is 14.9 Å². The molecule has 0 saturated heterocycles. The number of nitro benzene ring substituents is 1. The molecule has 0 aromatic heterocycles. The largest absolute Gasteiger partial charge is 0.489 e. The first-order valence-corrected chi connectivity index (χ1v) is 8.22. The van der Waals surface area contributed by atoms with Crippen LogP contribution in [0.1, 0.15) is 18.1 Å². The van der Waals surface area contributed by atoms with Crippen molar-refractivity contribution < 1.29 is 19.6 Å². The van der Waals surface area contributed by atoms with Crippen LogP contribution in [0.25, 0.3) is 0 Å². The van der Waals surface area contributed by atoms with Crippen molar-refractivity contribution in [3.63, 3.8) is 0 Å². The van der Waals surface area contributed by atoms with Crippen LogP contribution >= 0.6 is 12.4 Å². The van der Waals surface area contributed by atoms with E-state index < -0.39 is 10.9 Å². The van der Waals surface area contributed by atoms with Crippen LogP contribution in [0.3, 0.4) is 0 Å². The molecule has 0 bridgehead atoms. The summed E-state index contributed by atoms with van der Waals surface area (Å²) in [5.74, 6) is -0.170. The summed E-state index contributed by atoms with van der Waals surface area (Å²) in [6.07, 6.45) is 0.731. The third-order valence-corrected chi connectivity index (χ3v) is 4.12. The van der Waals surface area contributed by atoms with Crippen molar-refractivity contribution in [2.75, 3.05) is 13.6 Å². The van der Waals surface area contributed by atoms with Crippen LogP contribution in [0.4, 0.5) is 5.69 Å². The summed E-state index contributed by atoms with van der Waals surface area (Å²) in [4.78, 5) is 22.9. The Morgan fingerprint density at radius 3 is 2.48 bits per heavy atom. The molecule has 0 aliphatic rings. The SMILES string of the molecule is C[C@H](Cc1ccc(OCc2cccc([N+](=O)[O-])c2)cc1)N(C)CC(=O)O.Cl. The first-order chi connectivity index (χ1) is 12.3. The number of carboxylic acid groups (broad SMARTS) is 1. The molecule has 0 heterocycles. The Balaban J connectivity index is 0.00000364. The number of nitrogens with zero attached hydrogens (tertiary/aromatic N) is 2. The van der Waals surface area contributed by atoms with Gasteiger partial charge >= 0.3 is 5.97 Å². The van der Waals surface area contributed by atoms with E-state index in [4.69, 9.17) is 9.84 Å². The highest BCUT2D eigenvalue weighted by molar-refractivity contribution is 5.85. The Kier molecular flexibility index (Phi) is 8.71. The number of rotatable bonds is 9. The summed E-state index contributed by atoms with van der Waals surface area (Å²) < 4.78 is 5.68. The lowest BCUT2D eigenvalue weighted by atomic mass is 10.1. The number of carboxylic acids is 1. The smallest absolute Gasteiger partial charge is 0.317 e. The molecular formula is C19H23ClN2O5. The Morgan fingerprint density at radius 2 is 1.89 bits per heavy atom. The Labute approximate surface area is 164 Å². The monoisotopic (exact) mass is 394 g/mol. The van der Waals surface area contributed by atoms with Crippen molar-refractivity contribution in [3.05, 3.63) is 69.8 Å². The fourth-order valence-electron chi connectivity index (χ4n) is 2.51. The predicted octanol–water partition coefficient (Wildman–Crippen LogP) is 3.54. The number of hydrogen-bond donors (Lipinski definition) is 1. The number of carbonyl (C=O) groups is 1. The van der Waals surface area contributed by atoms with Crippen molar-refractivity contribution in [3.8, 4) is 5.75 Å². The molecule has 0 spiro atoms. The van der Waals surface area contributed by atoms with Gasteiger partial charge in [-0.1, -0.05) is 24.3 Å². The molecule has 27 heavy (non-hydrogen) atoms. The van der Waals surface area contributed by atoms with E-state index in [0.717, 1.165) is 17.5 Å². The summed E-state index contributed by atoms with van der Waals surface area (Å²) in [5, 5.41) is 19.6. The molecule has 146 valence electrons. The fraction of sp³-hybridized carbons (Fsp3) is 0.316. The molecule has 2 aromatic rings. The second-order valence-electron chi connectivity index (χ2n) is 6.22. The minimum atomic E-state index is -0.843. The number of halogens is 1. The van der Waals surface area contributed by atoms with Gasteiger partial charge in [-0.05, 0) is 43.7 Å². The molecule has 0 saturated carbocycles. The van der Waals surface area contributed by atoms with E-state index in [1.807, 2.05) is 31.2 Å². The Bertz CT molecular complexity index is 767. The van der Waals surface area contributed by atoms with Crippen LogP contribution < -0.4 is 4.74 Å². The third-order valence-electron chi connectivity index (χ3n) is 4.12. The molecule has 0 radical (unpaired) electrons. The molecule has 0 amide bonds. The van der Waals surface area contributed by atoms with E-state index in [0.29, 0.717) is 5.75 Å². The maximum absolute atomic E-state index is 10.8. The van der Waals surface area contributed by atoms with Gasteiger partial charge in [-0.25, -0.2) is 0 Å². The maximum Gasteiger partial charge on any atom is 0.317 e. The molecule has 0 unspecified atom stereocenters. The number of ether oxygens (including phenoxy) is 1. The highest BCUT2D eigenvalue weighted by atomic mass is 35.5. The van der Waals surface area contributed by atoms with Crippen molar-refractivity contribution in [2.45, 2.75) is 26.0 Å². The number of benzene rings is 2. The number of non-ortho nitro benzene ring substituents is 1. The first-order valence-electron chi connectivity index (χ1n) is 8.22. The average Bonchev–Trinajstić information content (AvgIpc) is 2.60. The van der Waals surface area contributed by atoms with Crippen LogP contribution in [-0.4, -0.2) is 40.5 Å². The minimum absolute atomic E-state index is 0. The van der Waals surface area contributed by atoms with Crippen LogP contribution in [0, 0.1) is 10.1 Å². The number of nitro groups is 1. The van der Waals surface area contributed by atoms with Gasteiger partial charge in [0, 0.05) is 18.2 Å². The molecule has 0 aliphatic heterocycles. The van der Waals surface area contributed by atoms with Gasteiger partial charge in [0.2, 0.25) is 0 Å². The fourth-order valence-corrected chi connectivity index (χ4v) is 2.51. The molecule has 7 nitrogen and oxygen atoms in total. The quantitative estimate of drug-likeness (QED) is 0.516. The molecule has 2 rings (SSSR count). The summed E-state index contributed by atoms with van der Waals surface area (Å²) >= 11 is 0. The number of aliphatic carboxylic acids is 1. The molecule has 1 atom stereocenters. The third kappa shape index (κ3) is 7.24. The van der Waals surface area contributed by atoms with Crippen LogP contribution in [0.5, 0.6) is 5.75 Å². The topological polar surface area (TPSA) is 92.9 Å². The molecule has 0 fully saturated rings. The number of likely N-dealkylation sites (N-methyl/N-ethyl adjacent to an activating group) is 1. The van der Waals surface area contributed by atoms with E-state index in [2.05, 4.69) is 0 Å². The Morgan fingerprint density at radius 1 is 1.22 bits per heavy atom. The molecule has 2 aromatic carbocycles. The molecule has 0 aliphatic carbocycles. The van der Waals surface area contributed by atoms with Gasteiger partial charge in [0.15, 0.2) is 0 Å². The second-order valence-corrected chi connectivity index (χ2v) is 6.22. The van der Waals surface area contributed by atoms with Crippen LogP contribution in [-0.2, 0) is 17.8 Å². The zero-order valence-electron chi connectivity index (χ0n) is 15.2. The average molecular weight is 395 g/mol. The zero-order chi connectivity index (χ0) is 19.1. The van der Waals surface area contributed by atoms with Crippen LogP contribution in [0.15, 0.2) is 48.5 Å². The van der Waals surface area contributed by atoms with Crippen molar-refractivity contribution in [2.24, 2.45) is 0 Å². The van der Waals surface area contributed by atoms with Crippen molar-refractivity contribution in [1.82, 2.24) is 4.90 Å². The minimum Gasteiger partial charge on any atom is -0.489 e. The van der Waals surface area contributed by atoms with Gasteiger partial charge in [0.25, 0.3) is 5.69 Å². The second kappa shape index (κ2) is 10.5. The van der Waals surface area contributed by atoms with E-state index >= 15 is 0 Å². The lowest BCUT2D eigenvalue weighted by Crippen LogP contribution is -2.35. The van der Waals surface area contributed by atoms with Gasteiger partial charge in [-0.15, -0.1) is 12.4 Å². The van der Waals surface area contributed by atoms with E-state index in [1.165, 1.54) is 12.1 Å². The van der Waals surface area contributed by atoms with Gasteiger partial charge in [0.05, 0.1) is 11.5 Å².